The highest BCUT2D eigenvalue weighted by atomic mass is 15.3. The molecule has 0 spiro atoms. The van der Waals surface area contributed by atoms with Crippen LogP contribution in [0.15, 0.2) is 50.6 Å². The van der Waals surface area contributed by atoms with Gasteiger partial charge in [0.2, 0.25) is 11.9 Å². The molecule has 0 aliphatic rings. The molecule has 0 radical (unpaired) electrons. The van der Waals surface area contributed by atoms with Crippen LogP contribution in [0.1, 0.15) is 5.82 Å². The Hall–Kier alpha value is -2.43. The molecular formula is C16H23N5. The van der Waals surface area contributed by atoms with Crippen LogP contribution >= 0.6 is 0 Å². The van der Waals surface area contributed by atoms with Gasteiger partial charge in [-0.1, -0.05) is 24.3 Å². The fourth-order valence-corrected chi connectivity index (χ4v) is 1.84. The third-order valence-electron chi connectivity index (χ3n) is 2.69. The summed E-state index contributed by atoms with van der Waals surface area (Å²) in [5.74, 6) is 1.91. The van der Waals surface area contributed by atoms with E-state index in [0.717, 1.165) is 0 Å². The molecule has 0 amide bonds. The lowest BCUT2D eigenvalue weighted by Crippen LogP contribution is -2.29. The van der Waals surface area contributed by atoms with Crippen molar-refractivity contribution < 1.29 is 0 Å². The maximum Gasteiger partial charge on any atom is 0.230 e. The second kappa shape index (κ2) is 8.68. The average Bonchev–Trinajstić information content (AvgIpc) is 2.46. The van der Waals surface area contributed by atoms with Crippen LogP contribution in [0.4, 0.5) is 11.9 Å². The number of hydrogen-bond donors (Lipinski definition) is 0. The van der Waals surface area contributed by atoms with E-state index in [9.17, 15) is 0 Å². The van der Waals surface area contributed by atoms with Gasteiger partial charge in [0.15, 0.2) is 0 Å². The lowest BCUT2D eigenvalue weighted by atomic mass is 10.4. The first-order chi connectivity index (χ1) is 10.2. The molecule has 0 atom stereocenters. The van der Waals surface area contributed by atoms with E-state index in [1.165, 1.54) is 0 Å². The minimum atomic E-state index is 0.621. The van der Waals surface area contributed by atoms with Crippen molar-refractivity contribution in [2.45, 2.75) is 6.92 Å². The summed E-state index contributed by atoms with van der Waals surface area (Å²) < 4.78 is 0. The SMILES string of the molecule is C=CCN(CC=C)c1nc(C)nc(N(CC=C)CC=C)n1. The molecule has 1 rings (SSSR count). The van der Waals surface area contributed by atoms with Crippen molar-refractivity contribution in [3.05, 3.63) is 56.4 Å². The highest BCUT2D eigenvalue weighted by Crippen LogP contribution is 2.14. The highest BCUT2D eigenvalue weighted by molar-refractivity contribution is 5.41. The Balaban J connectivity index is 3.16. The number of aromatic nitrogens is 3. The Morgan fingerprint density at radius 3 is 1.33 bits per heavy atom. The molecular weight excluding hydrogens is 262 g/mol. The van der Waals surface area contributed by atoms with Gasteiger partial charge >= 0.3 is 0 Å². The molecule has 0 aliphatic carbocycles. The van der Waals surface area contributed by atoms with Gasteiger partial charge in [0.25, 0.3) is 0 Å². The summed E-state index contributed by atoms with van der Waals surface area (Å²) in [5.41, 5.74) is 0. The molecule has 5 heteroatoms. The van der Waals surface area contributed by atoms with E-state index in [0.29, 0.717) is 43.9 Å². The van der Waals surface area contributed by atoms with Crippen molar-refractivity contribution in [2.75, 3.05) is 36.0 Å². The van der Waals surface area contributed by atoms with E-state index in [1.807, 2.05) is 41.0 Å². The van der Waals surface area contributed by atoms with Crippen molar-refractivity contribution >= 4 is 11.9 Å². The van der Waals surface area contributed by atoms with Crippen LogP contribution < -0.4 is 9.80 Å². The number of anilines is 2. The molecule has 0 saturated carbocycles. The van der Waals surface area contributed by atoms with Crippen LogP contribution in [0, 0.1) is 6.92 Å². The van der Waals surface area contributed by atoms with E-state index >= 15 is 0 Å². The Morgan fingerprint density at radius 2 is 1.05 bits per heavy atom. The van der Waals surface area contributed by atoms with E-state index in [-0.39, 0.29) is 0 Å². The summed E-state index contributed by atoms with van der Waals surface area (Å²) in [6.45, 7) is 19.5. The van der Waals surface area contributed by atoms with E-state index in [4.69, 9.17) is 0 Å². The molecule has 0 aliphatic heterocycles. The Kier molecular flexibility index (Phi) is 6.87. The average molecular weight is 285 g/mol. The van der Waals surface area contributed by atoms with Crippen LogP contribution in [0.25, 0.3) is 0 Å². The number of hydrogen-bond acceptors (Lipinski definition) is 5. The predicted molar refractivity (Wildman–Crippen MR) is 89.8 cm³/mol. The zero-order valence-corrected chi connectivity index (χ0v) is 12.7. The van der Waals surface area contributed by atoms with Gasteiger partial charge in [-0.05, 0) is 6.92 Å². The lowest BCUT2D eigenvalue weighted by Gasteiger charge is -2.23. The first-order valence-corrected chi connectivity index (χ1v) is 6.82. The van der Waals surface area contributed by atoms with Crippen LogP contribution in [0.5, 0.6) is 0 Å². The van der Waals surface area contributed by atoms with E-state index < -0.39 is 0 Å². The molecule has 112 valence electrons. The van der Waals surface area contributed by atoms with Crippen molar-refractivity contribution in [1.29, 1.82) is 0 Å². The molecule has 0 saturated heterocycles. The zero-order valence-electron chi connectivity index (χ0n) is 12.7. The molecule has 5 nitrogen and oxygen atoms in total. The van der Waals surface area contributed by atoms with Gasteiger partial charge in [-0.2, -0.15) is 15.0 Å². The minimum Gasteiger partial charge on any atom is -0.333 e. The fourth-order valence-electron chi connectivity index (χ4n) is 1.84. The largest absolute Gasteiger partial charge is 0.333 e. The van der Waals surface area contributed by atoms with Gasteiger partial charge in [0.05, 0.1) is 0 Å². The van der Waals surface area contributed by atoms with Crippen LogP contribution in [0.3, 0.4) is 0 Å². The number of rotatable bonds is 10. The molecule has 0 N–H and O–H groups in total. The fraction of sp³-hybridized carbons (Fsp3) is 0.312. The molecule has 0 bridgehead atoms. The minimum absolute atomic E-state index is 0.621. The van der Waals surface area contributed by atoms with Crippen LogP contribution in [-0.2, 0) is 0 Å². The Labute approximate surface area is 127 Å². The van der Waals surface area contributed by atoms with Gasteiger partial charge in [0.1, 0.15) is 5.82 Å². The maximum atomic E-state index is 4.55. The topological polar surface area (TPSA) is 45.2 Å². The zero-order chi connectivity index (χ0) is 15.7. The number of nitrogens with zero attached hydrogens (tertiary/aromatic N) is 5. The monoisotopic (exact) mass is 285 g/mol. The van der Waals surface area contributed by atoms with Crippen molar-refractivity contribution in [3.8, 4) is 0 Å². The molecule has 0 unspecified atom stereocenters. The van der Waals surface area contributed by atoms with E-state index in [2.05, 4.69) is 41.3 Å². The second-order valence-electron chi connectivity index (χ2n) is 4.45. The molecule has 0 aromatic carbocycles. The molecule has 21 heavy (non-hydrogen) atoms. The first-order valence-electron chi connectivity index (χ1n) is 6.82. The summed E-state index contributed by atoms with van der Waals surface area (Å²) in [7, 11) is 0. The molecule has 0 fully saturated rings. The van der Waals surface area contributed by atoms with Gasteiger partial charge in [0, 0.05) is 26.2 Å². The van der Waals surface area contributed by atoms with Crippen molar-refractivity contribution in [2.24, 2.45) is 0 Å². The quantitative estimate of drug-likeness (QED) is 0.618. The van der Waals surface area contributed by atoms with Gasteiger partial charge in [-0.25, -0.2) is 0 Å². The maximum absolute atomic E-state index is 4.55. The molecule has 1 aromatic rings. The normalized spacial score (nSPS) is 9.76. The molecule has 1 heterocycles. The Morgan fingerprint density at radius 1 is 0.714 bits per heavy atom. The number of aryl methyl sites for hydroxylation is 1. The third kappa shape index (κ3) is 4.87. The summed E-state index contributed by atoms with van der Waals surface area (Å²) in [6, 6.07) is 0. The smallest absolute Gasteiger partial charge is 0.230 e. The van der Waals surface area contributed by atoms with E-state index in [1.54, 1.807) is 0 Å². The summed E-state index contributed by atoms with van der Waals surface area (Å²) in [6.07, 6.45) is 7.25. The summed E-state index contributed by atoms with van der Waals surface area (Å²) in [4.78, 5) is 17.3. The lowest BCUT2D eigenvalue weighted by molar-refractivity contribution is 0.814. The van der Waals surface area contributed by atoms with Crippen LogP contribution in [-0.4, -0.2) is 41.1 Å². The van der Waals surface area contributed by atoms with Crippen molar-refractivity contribution in [3.63, 3.8) is 0 Å². The highest BCUT2D eigenvalue weighted by Gasteiger charge is 2.13. The third-order valence-corrected chi connectivity index (χ3v) is 2.69. The Bertz CT molecular complexity index is 447. The standard InChI is InChI=1S/C16H23N5/c1-6-10-20(11-7-2)15-17-14(5)18-16(19-15)21(12-8-3)13-9-4/h6-9H,1-4,10-13H2,5H3. The predicted octanol–water partition coefficient (Wildman–Crippen LogP) is 2.54. The molecule has 1 aromatic heterocycles. The first kappa shape index (κ1) is 16.6. The van der Waals surface area contributed by atoms with Gasteiger partial charge < -0.3 is 9.80 Å². The summed E-state index contributed by atoms with van der Waals surface area (Å²) >= 11 is 0. The second-order valence-corrected chi connectivity index (χ2v) is 4.45. The summed E-state index contributed by atoms with van der Waals surface area (Å²) in [5, 5.41) is 0. The van der Waals surface area contributed by atoms with Crippen molar-refractivity contribution in [1.82, 2.24) is 15.0 Å². The van der Waals surface area contributed by atoms with Crippen LogP contribution in [0.2, 0.25) is 0 Å². The van der Waals surface area contributed by atoms with Gasteiger partial charge in [-0.3, -0.25) is 0 Å². The van der Waals surface area contributed by atoms with Gasteiger partial charge in [-0.15, -0.1) is 26.3 Å².